The minimum Gasteiger partial charge on any atom is -0.480 e. The molecule has 0 fully saturated rings. The first-order valence-electron chi connectivity index (χ1n) is 6.03. The number of aryl methyl sites for hydroxylation is 1. The molecule has 0 bridgehead atoms. The molecule has 0 saturated carbocycles. The van der Waals surface area contributed by atoms with E-state index >= 15 is 0 Å². The average molecular weight is 285 g/mol. The number of nitrogens with one attached hydrogen (secondary N) is 1. The van der Waals surface area contributed by atoms with E-state index in [0.717, 1.165) is 6.07 Å². The van der Waals surface area contributed by atoms with E-state index in [2.05, 4.69) is 5.32 Å². The first-order chi connectivity index (χ1) is 9.04. The summed E-state index contributed by atoms with van der Waals surface area (Å²) in [5, 5.41) is 11.4. The van der Waals surface area contributed by atoms with Crippen LogP contribution >= 0.6 is 0 Å². The van der Waals surface area contributed by atoms with Crippen LogP contribution in [0.3, 0.4) is 0 Å². The molecule has 1 aromatic rings. The van der Waals surface area contributed by atoms with Crippen molar-refractivity contribution in [2.75, 3.05) is 0 Å². The lowest BCUT2D eigenvalue weighted by Gasteiger charge is -2.27. The van der Waals surface area contributed by atoms with Crippen LogP contribution < -0.4 is 5.32 Å². The summed E-state index contributed by atoms with van der Waals surface area (Å²) < 4.78 is 26.7. The summed E-state index contributed by atoms with van der Waals surface area (Å²) in [5.74, 6) is -3.88. The Morgan fingerprint density at radius 3 is 2.20 bits per heavy atom. The highest BCUT2D eigenvalue weighted by atomic mass is 19.1. The van der Waals surface area contributed by atoms with Crippen LogP contribution in [0.4, 0.5) is 8.78 Å². The van der Waals surface area contributed by atoms with Crippen LogP contribution in [0.2, 0.25) is 0 Å². The number of aliphatic carboxylic acids is 1. The molecule has 4 nitrogen and oxygen atoms in total. The quantitative estimate of drug-likeness (QED) is 0.896. The third kappa shape index (κ3) is 3.53. The fourth-order valence-electron chi connectivity index (χ4n) is 1.69. The monoisotopic (exact) mass is 285 g/mol. The van der Waals surface area contributed by atoms with Gasteiger partial charge in [-0.05, 0) is 24.0 Å². The normalized spacial score (nSPS) is 12.9. The molecule has 1 atom stereocenters. The van der Waals surface area contributed by atoms with Crippen LogP contribution in [0.5, 0.6) is 0 Å². The molecule has 0 unspecified atom stereocenters. The number of carbonyl (C=O) groups excluding carboxylic acids is 1. The van der Waals surface area contributed by atoms with Gasteiger partial charge in [-0.25, -0.2) is 13.6 Å². The first kappa shape index (κ1) is 16.1. The van der Waals surface area contributed by atoms with E-state index in [9.17, 15) is 18.4 Å². The summed E-state index contributed by atoms with van der Waals surface area (Å²) in [5.41, 5.74) is -1.01. The van der Waals surface area contributed by atoms with Gasteiger partial charge in [-0.1, -0.05) is 20.8 Å². The summed E-state index contributed by atoms with van der Waals surface area (Å²) in [6.45, 7) is 6.30. The highest BCUT2D eigenvalue weighted by molar-refractivity contribution is 5.97. The van der Waals surface area contributed by atoms with E-state index in [1.54, 1.807) is 20.8 Å². The van der Waals surface area contributed by atoms with Gasteiger partial charge in [0, 0.05) is 6.07 Å². The molecule has 0 heterocycles. The largest absolute Gasteiger partial charge is 0.480 e. The smallest absolute Gasteiger partial charge is 0.326 e. The number of carbonyl (C=O) groups is 2. The minimum atomic E-state index is -1.22. The number of hydrogen-bond acceptors (Lipinski definition) is 2. The zero-order valence-corrected chi connectivity index (χ0v) is 11.8. The van der Waals surface area contributed by atoms with Crippen molar-refractivity contribution >= 4 is 11.9 Å². The van der Waals surface area contributed by atoms with E-state index in [0.29, 0.717) is 6.07 Å². The van der Waals surface area contributed by atoms with Gasteiger partial charge in [0.1, 0.15) is 17.7 Å². The number of hydrogen-bond donors (Lipinski definition) is 2. The molecule has 0 aliphatic rings. The van der Waals surface area contributed by atoms with Crippen molar-refractivity contribution in [3.8, 4) is 0 Å². The topological polar surface area (TPSA) is 66.4 Å². The van der Waals surface area contributed by atoms with Crippen molar-refractivity contribution in [3.63, 3.8) is 0 Å². The molecule has 0 aromatic heterocycles. The second-order valence-electron chi connectivity index (χ2n) is 5.69. The Balaban J connectivity index is 3.07. The number of amides is 1. The van der Waals surface area contributed by atoms with Gasteiger partial charge in [0.05, 0.1) is 5.56 Å². The molecule has 0 aliphatic carbocycles. The molecule has 1 rings (SSSR count). The zero-order valence-electron chi connectivity index (χ0n) is 11.8. The summed E-state index contributed by atoms with van der Waals surface area (Å²) in [4.78, 5) is 23.1. The lowest BCUT2D eigenvalue weighted by molar-refractivity contribution is -0.142. The fourth-order valence-corrected chi connectivity index (χ4v) is 1.69. The maximum Gasteiger partial charge on any atom is 0.326 e. The summed E-state index contributed by atoms with van der Waals surface area (Å²) in [6, 6.07) is 0.485. The molecule has 1 amide bonds. The lowest BCUT2D eigenvalue weighted by Crippen LogP contribution is -2.49. The Morgan fingerprint density at radius 2 is 1.75 bits per heavy atom. The summed E-state index contributed by atoms with van der Waals surface area (Å²) in [6.07, 6.45) is 0. The maximum absolute atomic E-state index is 13.6. The van der Waals surface area contributed by atoms with Gasteiger partial charge < -0.3 is 10.4 Å². The highest BCUT2D eigenvalue weighted by Crippen LogP contribution is 2.21. The van der Waals surface area contributed by atoms with E-state index in [1.165, 1.54) is 6.92 Å². The maximum atomic E-state index is 13.6. The molecule has 110 valence electrons. The SMILES string of the molecule is Cc1cc(C(=O)N[C@H](C(=O)O)C(C)(C)C)c(F)cc1F. The van der Waals surface area contributed by atoms with Crippen molar-refractivity contribution in [1.82, 2.24) is 5.32 Å². The fraction of sp³-hybridized carbons (Fsp3) is 0.429. The number of rotatable bonds is 3. The predicted octanol–water partition coefficient (Wildman–Crippen LogP) is 2.50. The molecule has 0 radical (unpaired) electrons. The Bertz CT molecular complexity index is 550. The van der Waals surface area contributed by atoms with Crippen molar-refractivity contribution < 1.29 is 23.5 Å². The first-order valence-corrected chi connectivity index (χ1v) is 6.03. The van der Waals surface area contributed by atoms with Crippen LogP contribution in [-0.4, -0.2) is 23.0 Å². The Labute approximate surface area is 115 Å². The van der Waals surface area contributed by atoms with E-state index in [4.69, 9.17) is 5.11 Å². The molecule has 20 heavy (non-hydrogen) atoms. The lowest BCUT2D eigenvalue weighted by atomic mass is 9.86. The summed E-state index contributed by atoms with van der Waals surface area (Å²) >= 11 is 0. The predicted molar refractivity (Wildman–Crippen MR) is 69.4 cm³/mol. The van der Waals surface area contributed by atoms with Crippen LogP contribution in [-0.2, 0) is 4.79 Å². The van der Waals surface area contributed by atoms with Gasteiger partial charge in [0.2, 0.25) is 0 Å². The molecule has 6 heteroatoms. The van der Waals surface area contributed by atoms with Gasteiger partial charge in [-0.3, -0.25) is 4.79 Å². The van der Waals surface area contributed by atoms with Crippen LogP contribution in [0.15, 0.2) is 12.1 Å². The van der Waals surface area contributed by atoms with Crippen molar-refractivity contribution in [2.24, 2.45) is 5.41 Å². The molecule has 2 N–H and O–H groups in total. The minimum absolute atomic E-state index is 0.110. The molecule has 0 saturated heterocycles. The molecule has 0 aliphatic heterocycles. The van der Waals surface area contributed by atoms with E-state index in [1.807, 2.05) is 0 Å². The van der Waals surface area contributed by atoms with Crippen molar-refractivity contribution in [1.29, 1.82) is 0 Å². The summed E-state index contributed by atoms with van der Waals surface area (Å²) in [7, 11) is 0. The van der Waals surface area contributed by atoms with Gasteiger partial charge >= 0.3 is 5.97 Å². The van der Waals surface area contributed by atoms with Crippen molar-refractivity contribution in [2.45, 2.75) is 33.7 Å². The standard InChI is InChI=1S/C14H17F2NO3/c1-7-5-8(10(16)6-9(7)15)12(18)17-11(13(19)20)14(2,3)4/h5-6,11H,1-4H3,(H,17,18)(H,19,20)/t11-/m1/s1. The average Bonchev–Trinajstić information content (AvgIpc) is 2.28. The Morgan fingerprint density at radius 1 is 1.20 bits per heavy atom. The van der Waals surface area contributed by atoms with Crippen molar-refractivity contribution in [3.05, 3.63) is 34.9 Å². The third-order valence-corrected chi connectivity index (χ3v) is 2.88. The van der Waals surface area contributed by atoms with Crippen LogP contribution in [0, 0.1) is 24.0 Å². The highest BCUT2D eigenvalue weighted by Gasteiger charge is 2.33. The van der Waals surface area contributed by atoms with Gasteiger partial charge in [-0.15, -0.1) is 0 Å². The second kappa shape index (κ2) is 5.56. The van der Waals surface area contributed by atoms with Gasteiger partial charge in [-0.2, -0.15) is 0 Å². The number of halogens is 2. The molecular formula is C14H17F2NO3. The second-order valence-corrected chi connectivity index (χ2v) is 5.69. The number of benzene rings is 1. The van der Waals surface area contributed by atoms with E-state index in [-0.39, 0.29) is 11.1 Å². The van der Waals surface area contributed by atoms with Crippen LogP contribution in [0.25, 0.3) is 0 Å². The van der Waals surface area contributed by atoms with E-state index < -0.39 is 35.0 Å². The van der Waals surface area contributed by atoms with Gasteiger partial charge in [0.25, 0.3) is 5.91 Å². The Kier molecular flexibility index (Phi) is 4.47. The third-order valence-electron chi connectivity index (χ3n) is 2.88. The number of carboxylic acids is 1. The van der Waals surface area contributed by atoms with Crippen LogP contribution in [0.1, 0.15) is 36.7 Å². The number of carboxylic acid groups (broad SMARTS) is 1. The zero-order chi connectivity index (χ0) is 15.7. The molecular weight excluding hydrogens is 268 g/mol. The molecule has 0 spiro atoms. The molecule has 1 aromatic carbocycles. The Hall–Kier alpha value is -1.98. The van der Waals surface area contributed by atoms with Gasteiger partial charge in [0.15, 0.2) is 0 Å².